The number of carbonyl (C=O) groups excluding carboxylic acids is 1. The number of ether oxygens (including phenoxy) is 2. The summed E-state index contributed by atoms with van der Waals surface area (Å²) in [6.45, 7) is 5.21. The lowest BCUT2D eigenvalue weighted by atomic mass is 10.0. The van der Waals surface area contributed by atoms with Crippen LogP contribution in [0.2, 0.25) is 0 Å². The largest absolute Gasteiger partial charge is 0.493 e. The van der Waals surface area contributed by atoms with E-state index in [2.05, 4.69) is 6.92 Å². The van der Waals surface area contributed by atoms with E-state index in [1.54, 1.807) is 20.3 Å². The van der Waals surface area contributed by atoms with Crippen molar-refractivity contribution in [2.45, 2.75) is 33.2 Å². The van der Waals surface area contributed by atoms with Crippen molar-refractivity contribution in [3.8, 4) is 23.0 Å². The molecule has 0 atom stereocenters. The standard InChI is InChI=1S/C28H30N2O4/c1-5-6-14-30(18-20-10-8-7-9-11-20)28(31)22-15-24(25-13-12-19(2)34-25)29-23-17-27(33-4)26(32-3)16-21(22)23/h7-13,15-17H,5-6,14,18H2,1-4H3. The van der Waals surface area contributed by atoms with Crippen molar-refractivity contribution >= 4 is 16.8 Å². The van der Waals surface area contributed by atoms with Crippen LogP contribution in [0.4, 0.5) is 0 Å². The van der Waals surface area contributed by atoms with Gasteiger partial charge in [-0.15, -0.1) is 0 Å². The first-order valence-corrected chi connectivity index (χ1v) is 11.5. The van der Waals surface area contributed by atoms with Gasteiger partial charge in [-0.1, -0.05) is 43.7 Å². The maximum Gasteiger partial charge on any atom is 0.254 e. The van der Waals surface area contributed by atoms with Gasteiger partial charge < -0.3 is 18.8 Å². The van der Waals surface area contributed by atoms with Gasteiger partial charge in [0.2, 0.25) is 0 Å². The second-order valence-electron chi connectivity index (χ2n) is 8.26. The molecule has 1 amide bonds. The summed E-state index contributed by atoms with van der Waals surface area (Å²) in [7, 11) is 3.17. The third-order valence-corrected chi connectivity index (χ3v) is 5.82. The van der Waals surface area contributed by atoms with E-state index in [0.29, 0.717) is 52.5 Å². The number of hydrogen-bond acceptors (Lipinski definition) is 5. The lowest BCUT2D eigenvalue weighted by molar-refractivity contribution is 0.0742. The highest BCUT2D eigenvalue weighted by Gasteiger charge is 2.22. The van der Waals surface area contributed by atoms with E-state index in [1.807, 2.05) is 66.4 Å². The minimum atomic E-state index is -0.0542. The van der Waals surface area contributed by atoms with Crippen LogP contribution in [0, 0.1) is 6.92 Å². The fourth-order valence-electron chi connectivity index (χ4n) is 4.00. The fourth-order valence-corrected chi connectivity index (χ4v) is 4.00. The van der Waals surface area contributed by atoms with Crippen molar-refractivity contribution in [2.24, 2.45) is 0 Å². The molecule has 6 nitrogen and oxygen atoms in total. The number of aromatic nitrogens is 1. The topological polar surface area (TPSA) is 64.8 Å². The minimum absolute atomic E-state index is 0.0542. The van der Waals surface area contributed by atoms with E-state index in [9.17, 15) is 4.79 Å². The number of benzene rings is 2. The number of hydrogen-bond donors (Lipinski definition) is 0. The van der Waals surface area contributed by atoms with Crippen LogP contribution in [-0.2, 0) is 6.54 Å². The number of furan rings is 1. The van der Waals surface area contributed by atoms with Crippen molar-refractivity contribution in [3.63, 3.8) is 0 Å². The lowest BCUT2D eigenvalue weighted by Gasteiger charge is -2.24. The Hall–Kier alpha value is -3.80. The first kappa shape index (κ1) is 23.4. The van der Waals surface area contributed by atoms with Gasteiger partial charge in [-0.05, 0) is 43.2 Å². The van der Waals surface area contributed by atoms with Crippen LogP contribution in [0.15, 0.2) is 65.1 Å². The molecule has 176 valence electrons. The van der Waals surface area contributed by atoms with E-state index in [1.165, 1.54) is 0 Å². The van der Waals surface area contributed by atoms with Gasteiger partial charge in [0.25, 0.3) is 5.91 Å². The number of pyridine rings is 1. The van der Waals surface area contributed by atoms with Gasteiger partial charge in [0.05, 0.1) is 25.3 Å². The fraction of sp³-hybridized carbons (Fsp3) is 0.286. The normalized spacial score (nSPS) is 10.9. The molecule has 6 heteroatoms. The average molecular weight is 459 g/mol. The van der Waals surface area contributed by atoms with E-state index in [-0.39, 0.29) is 5.91 Å². The Balaban J connectivity index is 1.86. The van der Waals surface area contributed by atoms with Gasteiger partial charge in [0.1, 0.15) is 11.5 Å². The summed E-state index contributed by atoms with van der Waals surface area (Å²) >= 11 is 0. The Morgan fingerprint density at radius 3 is 2.38 bits per heavy atom. The zero-order chi connectivity index (χ0) is 24.1. The molecule has 0 aliphatic heterocycles. The third-order valence-electron chi connectivity index (χ3n) is 5.82. The van der Waals surface area contributed by atoms with Gasteiger partial charge >= 0.3 is 0 Å². The van der Waals surface area contributed by atoms with Crippen molar-refractivity contribution in [1.29, 1.82) is 0 Å². The summed E-state index contributed by atoms with van der Waals surface area (Å²) in [5, 5.41) is 0.712. The number of nitrogens with zero attached hydrogens (tertiary/aromatic N) is 2. The first-order valence-electron chi connectivity index (χ1n) is 11.5. The van der Waals surface area contributed by atoms with Crippen LogP contribution >= 0.6 is 0 Å². The molecule has 0 spiro atoms. The number of fused-ring (bicyclic) bond motifs is 1. The molecule has 2 aromatic heterocycles. The van der Waals surface area contributed by atoms with Gasteiger partial charge in [-0.3, -0.25) is 4.79 Å². The molecule has 0 aliphatic carbocycles. The molecule has 0 radical (unpaired) electrons. The summed E-state index contributed by atoms with van der Waals surface area (Å²) in [6, 6.07) is 19.3. The number of aryl methyl sites for hydroxylation is 1. The molecule has 0 bridgehead atoms. The zero-order valence-electron chi connectivity index (χ0n) is 20.1. The van der Waals surface area contributed by atoms with E-state index >= 15 is 0 Å². The van der Waals surface area contributed by atoms with Crippen LogP contribution in [-0.4, -0.2) is 36.6 Å². The first-order chi connectivity index (χ1) is 16.5. The molecule has 2 heterocycles. The van der Waals surface area contributed by atoms with E-state index < -0.39 is 0 Å². The molecule has 34 heavy (non-hydrogen) atoms. The Morgan fingerprint density at radius 1 is 1.00 bits per heavy atom. The Kier molecular flexibility index (Phi) is 7.16. The summed E-state index contributed by atoms with van der Waals surface area (Å²) in [5.41, 5.74) is 2.89. The number of unbranched alkanes of at least 4 members (excludes halogenated alkanes) is 1. The van der Waals surface area contributed by atoms with Gasteiger partial charge in [-0.25, -0.2) is 4.98 Å². The van der Waals surface area contributed by atoms with E-state index in [0.717, 1.165) is 24.2 Å². The average Bonchev–Trinajstić information content (AvgIpc) is 3.31. The van der Waals surface area contributed by atoms with Gasteiger partial charge in [-0.2, -0.15) is 0 Å². The molecule has 2 aromatic carbocycles. The molecule has 0 aliphatic rings. The predicted octanol–water partition coefficient (Wildman–Crippen LogP) is 6.26. The molecule has 0 unspecified atom stereocenters. The van der Waals surface area contributed by atoms with Gasteiger partial charge in [0, 0.05) is 24.5 Å². The van der Waals surface area contributed by atoms with Crippen molar-refractivity contribution in [2.75, 3.05) is 20.8 Å². The maximum absolute atomic E-state index is 14.0. The van der Waals surface area contributed by atoms with Crippen molar-refractivity contribution in [3.05, 3.63) is 77.6 Å². The predicted molar refractivity (Wildman–Crippen MR) is 133 cm³/mol. The smallest absolute Gasteiger partial charge is 0.254 e. The molecular weight excluding hydrogens is 428 g/mol. The third kappa shape index (κ3) is 4.91. The highest BCUT2D eigenvalue weighted by Crippen LogP contribution is 2.35. The van der Waals surface area contributed by atoms with Crippen LogP contribution in [0.5, 0.6) is 11.5 Å². The summed E-state index contributed by atoms with van der Waals surface area (Å²) in [5.74, 6) is 2.45. The number of methoxy groups -OCH3 is 2. The minimum Gasteiger partial charge on any atom is -0.493 e. The number of carbonyl (C=O) groups is 1. The lowest BCUT2D eigenvalue weighted by Crippen LogP contribution is -2.31. The SMILES string of the molecule is CCCCN(Cc1ccccc1)C(=O)c1cc(-c2ccc(C)o2)nc2cc(OC)c(OC)cc12. The molecular formula is C28H30N2O4. The molecule has 4 rings (SSSR count). The summed E-state index contributed by atoms with van der Waals surface area (Å²) < 4.78 is 16.8. The number of amides is 1. The summed E-state index contributed by atoms with van der Waals surface area (Å²) in [6.07, 6.45) is 1.92. The Labute approximate surface area is 200 Å². The maximum atomic E-state index is 14.0. The van der Waals surface area contributed by atoms with Crippen molar-refractivity contribution < 1.29 is 18.7 Å². The number of rotatable bonds is 9. The monoisotopic (exact) mass is 458 g/mol. The quantitative estimate of drug-likeness (QED) is 0.296. The van der Waals surface area contributed by atoms with Crippen LogP contribution < -0.4 is 9.47 Å². The molecule has 0 N–H and O–H groups in total. The second-order valence-corrected chi connectivity index (χ2v) is 8.26. The van der Waals surface area contributed by atoms with E-state index in [4.69, 9.17) is 18.9 Å². The highest BCUT2D eigenvalue weighted by atomic mass is 16.5. The van der Waals surface area contributed by atoms with Crippen LogP contribution in [0.1, 0.15) is 41.4 Å². The molecule has 4 aromatic rings. The molecule has 0 fully saturated rings. The van der Waals surface area contributed by atoms with Gasteiger partial charge in [0.15, 0.2) is 17.3 Å². The molecule has 0 saturated carbocycles. The van der Waals surface area contributed by atoms with Crippen LogP contribution in [0.25, 0.3) is 22.4 Å². The Bertz CT molecular complexity index is 1280. The second kappa shape index (κ2) is 10.4. The summed E-state index contributed by atoms with van der Waals surface area (Å²) in [4.78, 5) is 20.7. The zero-order valence-corrected chi connectivity index (χ0v) is 20.1. The Morgan fingerprint density at radius 2 is 1.74 bits per heavy atom. The van der Waals surface area contributed by atoms with Crippen LogP contribution in [0.3, 0.4) is 0 Å². The molecule has 0 saturated heterocycles. The highest BCUT2D eigenvalue weighted by molar-refractivity contribution is 6.07. The van der Waals surface area contributed by atoms with Crippen molar-refractivity contribution in [1.82, 2.24) is 9.88 Å².